The number of nitrogens with zero attached hydrogens (tertiary/aromatic N) is 1. The lowest BCUT2D eigenvalue weighted by Crippen LogP contribution is -2.40. The van der Waals surface area contributed by atoms with Crippen LogP contribution in [0.2, 0.25) is 10.0 Å². The molecule has 4 nitrogen and oxygen atoms in total. The first-order valence-corrected chi connectivity index (χ1v) is 10.0. The fourth-order valence-corrected chi connectivity index (χ4v) is 3.92. The summed E-state index contributed by atoms with van der Waals surface area (Å²) in [6.07, 6.45) is 1.84. The molecule has 0 saturated carbocycles. The van der Waals surface area contributed by atoms with Crippen LogP contribution in [0.15, 0.2) is 42.5 Å². The van der Waals surface area contributed by atoms with Gasteiger partial charge in [0.25, 0.3) is 0 Å². The van der Waals surface area contributed by atoms with Gasteiger partial charge in [-0.3, -0.25) is 9.69 Å². The number of nitrogens with one attached hydrogen (secondary N) is 1. The van der Waals surface area contributed by atoms with Crippen molar-refractivity contribution in [1.29, 1.82) is 0 Å². The third kappa shape index (κ3) is 5.16. The molecule has 1 atom stereocenters. The first kappa shape index (κ1) is 20.0. The number of carbonyl (C=O) groups excluding carboxylic acids is 1. The van der Waals surface area contributed by atoms with E-state index in [1.54, 1.807) is 0 Å². The average molecular weight is 407 g/mol. The zero-order valence-electron chi connectivity index (χ0n) is 15.4. The van der Waals surface area contributed by atoms with Crippen LogP contribution in [0.1, 0.15) is 25.3 Å². The Balaban J connectivity index is 1.65. The SMILES string of the molecule is CCOc1ccccc1NC(=O)[C@H]1CCCN(Cc2c(Cl)cccc2Cl)C1. The minimum absolute atomic E-state index is 0.0251. The fraction of sp³-hybridized carbons (Fsp3) is 0.381. The van der Waals surface area contributed by atoms with E-state index in [0.29, 0.717) is 35.5 Å². The number of halogens is 2. The minimum Gasteiger partial charge on any atom is -0.492 e. The van der Waals surface area contributed by atoms with Gasteiger partial charge in [-0.05, 0) is 50.6 Å². The molecule has 6 heteroatoms. The Bertz CT molecular complexity index is 777. The van der Waals surface area contributed by atoms with Gasteiger partial charge in [-0.25, -0.2) is 0 Å². The Labute approximate surface area is 170 Å². The second kappa shape index (κ2) is 9.45. The van der Waals surface area contributed by atoms with Gasteiger partial charge in [0, 0.05) is 28.7 Å². The summed E-state index contributed by atoms with van der Waals surface area (Å²) in [5.74, 6) is 0.649. The molecule has 0 radical (unpaired) electrons. The van der Waals surface area contributed by atoms with E-state index in [-0.39, 0.29) is 11.8 Å². The molecule has 27 heavy (non-hydrogen) atoms. The molecular formula is C21H24Cl2N2O2. The molecule has 0 spiro atoms. The smallest absolute Gasteiger partial charge is 0.228 e. The number of hydrogen-bond donors (Lipinski definition) is 1. The highest BCUT2D eigenvalue weighted by Gasteiger charge is 2.27. The molecule has 0 bridgehead atoms. The van der Waals surface area contributed by atoms with Crippen LogP contribution in [-0.2, 0) is 11.3 Å². The van der Waals surface area contributed by atoms with Crippen LogP contribution in [-0.4, -0.2) is 30.5 Å². The second-order valence-corrected chi connectivity index (χ2v) is 7.51. The van der Waals surface area contributed by atoms with Crippen molar-refractivity contribution in [3.8, 4) is 5.75 Å². The topological polar surface area (TPSA) is 41.6 Å². The van der Waals surface area contributed by atoms with Gasteiger partial charge < -0.3 is 10.1 Å². The van der Waals surface area contributed by atoms with E-state index in [1.807, 2.05) is 49.4 Å². The van der Waals surface area contributed by atoms with E-state index in [0.717, 1.165) is 30.6 Å². The second-order valence-electron chi connectivity index (χ2n) is 6.69. The number of ether oxygens (including phenoxy) is 1. The number of piperidine rings is 1. The molecule has 2 aromatic carbocycles. The molecule has 1 aliphatic heterocycles. The number of hydrogen-bond acceptors (Lipinski definition) is 3. The van der Waals surface area contributed by atoms with Crippen LogP contribution in [0, 0.1) is 5.92 Å². The maximum absolute atomic E-state index is 12.8. The van der Waals surface area contributed by atoms with Gasteiger partial charge in [0.05, 0.1) is 18.2 Å². The van der Waals surface area contributed by atoms with Gasteiger partial charge in [-0.2, -0.15) is 0 Å². The zero-order chi connectivity index (χ0) is 19.2. The quantitative estimate of drug-likeness (QED) is 0.712. The van der Waals surface area contributed by atoms with Gasteiger partial charge in [0.15, 0.2) is 0 Å². The van der Waals surface area contributed by atoms with Crippen LogP contribution < -0.4 is 10.1 Å². The molecule has 0 aliphatic carbocycles. The summed E-state index contributed by atoms with van der Waals surface area (Å²) in [6.45, 7) is 4.75. The molecule has 2 aromatic rings. The molecule has 144 valence electrons. The van der Waals surface area contributed by atoms with Crippen LogP contribution in [0.25, 0.3) is 0 Å². The molecule has 0 unspecified atom stereocenters. The van der Waals surface area contributed by atoms with Crippen molar-refractivity contribution in [3.05, 3.63) is 58.1 Å². The van der Waals surface area contributed by atoms with Crippen molar-refractivity contribution in [1.82, 2.24) is 4.90 Å². The molecule has 1 fully saturated rings. The Morgan fingerprint density at radius 1 is 1.19 bits per heavy atom. The number of benzene rings is 2. The lowest BCUT2D eigenvalue weighted by Gasteiger charge is -2.32. The molecule has 1 N–H and O–H groups in total. The highest BCUT2D eigenvalue weighted by molar-refractivity contribution is 6.35. The van der Waals surface area contributed by atoms with Crippen molar-refractivity contribution >= 4 is 34.8 Å². The first-order valence-electron chi connectivity index (χ1n) is 9.26. The lowest BCUT2D eigenvalue weighted by atomic mass is 9.96. The van der Waals surface area contributed by atoms with Crippen molar-refractivity contribution in [3.63, 3.8) is 0 Å². The van der Waals surface area contributed by atoms with Gasteiger partial charge in [-0.1, -0.05) is 41.4 Å². The normalized spacial score (nSPS) is 17.5. The summed E-state index contributed by atoms with van der Waals surface area (Å²) >= 11 is 12.6. The molecule has 1 aliphatic rings. The summed E-state index contributed by atoms with van der Waals surface area (Å²) < 4.78 is 5.60. The molecule has 1 saturated heterocycles. The summed E-state index contributed by atoms with van der Waals surface area (Å²) in [7, 11) is 0. The fourth-order valence-electron chi connectivity index (χ4n) is 3.41. The number of anilines is 1. The number of amides is 1. The maximum atomic E-state index is 12.8. The highest BCUT2D eigenvalue weighted by atomic mass is 35.5. The lowest BCUT2D eigenvalue weighted by molar-refractivity contribution is -0.121. The molecule has 3 rings (SSSR count). The van der Waals surface area contributed by atoms with Crippen molar-refractivity contribution in [2.45, 2.75) is 26.3 Å². The Morgan fingerprint density at radius 2 is 1.93 bits per heavy atom. The van der Waals surface area contributed by atoms with E-state index in [1.165, 1.54) is 0 Å². The third-order valence-electron chi connectivity index (χ3n) is 4.76. The Morgan fingerprint density at radius 3 is 2.67 bits per heavy atom. The average Bonchev–Trinajstić information content (AvgIpc) is 2.67. The van der Waals surface area contributed by atoms with Crippen molar-refractivity contribution in [2.75, 3.05) is 25.0 Å². The van der Waals surface area contributed by atoms with Gasteiger partial charge in [-0.15, -0.1) is 0 Å². The van der Waals surface area contributed by atoms with Gasteiger partial charge in [0.2, 0.25) is 5.91 Å². The van der Waals surface area contributed by atoms with Crippen LogP contribution in [0.3, 0.4) is 0 Å². The predicted molar refractivity (Wildman–Crippen MR) is 111 cm³/mol. The zero-order valence-corrected chi connectivity index (χ0v) is 16.9. The summed E-state index contributed by atoms with van der Waals surface area (Å²) in [4.78, 5) is 15.1. The largest absolute Gasteiger partial charge is 0.492 e. The van der Waals surface area contributed by atoms with Crippen LogP contribution >= 0.6 is 23.2 Å². The molecule has 0 aromatic heterocycles. The van der Waals surface area contributed by atoms with Crippen molar-refractivity contribution < 1.29 is 9.53 Å². The first-order chi connectivity index (χ1) is 13.1. The van der Waals surface area contributed by atoms with E-state index < -0.39 is 0 Å². The number of carbonyl (C=O) groups is 1. The van der Waals surface area contributed by atoms with Crippen LogP contribution in [0.4, 0.5) is 5.69 Å². The van der Waals surface area contributed by atoms with E-state index in [9.17, 15) is 4.79 Å². The van der Waals surface area contributed by atoms with E-state index in [2.05, 4.69) is 10.2 Å². The monoisotopic (exact) mass is 406 g/mol. The highest BCUT2D eigenvalue weighted by Crippen LogP contribution is 2.29. The summed E-state index contributed by atoms with van der Waals surface area (Å²) in [6, 6.07) is 13.1. The predicted octanol–water partition coefficient (Wildman–Crippen LogP) is 5.24. The van der Waals surface area contributed by atoms with E-state index >= 15 is 0 Å². The number of rotatable bonds is 6. The third-order valence-corrected chi connectivity index (χ3v) is 5.47. The van der Waals surface area contributed by atoms with Gasteiger partial charge in [0.1, 0.15) is 5.75 Å². The molecule has 1 amide bonds. The van der Waals surface area contributed by atoms with Gasteiger partial charge >= 0.3 is 0 Å². The maximum Gasteiger partial charge on any atom is 0.228 e. The van der Waals surface area contributed by atoms with Crippen molar-refractivity contribution in [2.24, 2.45) is 5.92 Å². The summed E-state index contributed by atoms with van der Waals surface area (Å²) in [5.41, 5.74) is 1.64. The minimum atomic E-state index is -0.0744. The molecule has 1 heterocycles. The standard InChI is InChI=1S/C21H24Cl2N2O2/c1-2-27-20-11-4-3-10-19(20)24-21(26)15-7-6-12-25(13-15)14-16-17(22)8-5-9-18(16)23/h3-5,8-11,15H,2,6-7,12-14H2,1H3,(H,24,26)/t15-/m0/s1. The number of likely N-dealkylation sites (tertiary alicyclic amines) is 1. The van der Waals surface area contributed by atoms with Crippen LogP contribution in [0.5, 0.6) is 5.75 Å². The Kier molecular flexibility index (Phi) is 7.00. The molecular weight excluding hydrogens is 383 g/mol. The number of para-hydroxylation sites is 2. The Hall–Kier alpha value is -1.75. The van der Waals surface area contributed by atoms with E-state index in [4.69, 9.17) is 27.9 Å². The summed E-state index contributed by atoms with van der Waals surface area (Å²) in [5, 5.41) is 4.36.